The number of thiophene rings is 1. The number of esters is 1. The lowest BCUT2D eigenvalue weighted by atomic mass is 10.2. The predicted octanol–water partition coefficient (Wildman–Crippen LogP) is 3.63. The van der Waals surface area contributed by atoms with Crippen LogP contribution in [0.1, 0.15) is 39.7 Å². The van der Waals surface area contributed by atoms with E-state index in [9.17, 15) is 4.79 Å². The van der Waals surface area contributed by atoms with E-state index in [1.54, 1.807) is 24.3 Å². The molecule has 0 bridgehead atoms. The second-order valence-corrected chi connectivity index (χ2v) is 5.76. The zero-order chi connectivity index (χ0) is 14.7. The Morgan fingerprint density at radius 2 is 2.30 bits per heavy atom. The summed E-state index contributed by atoms with van der Waals surface area (Å²) in [4.78, 5) is 15.1. The van der Waals surface area contributed by atoms with E-state index in [4.69, 9.17) is 9.15 Å². The van der Waals surface area contributed by atoms with Crippen molar-refractivity contribution in [3.8, 4) is 0 Å². The maximum Gasteiger partial charge on any atom is 0.341 e. The summed E-state index contributed by atoms with van der Waals surface area (Å²) in [6, 6.07) is 6.25. The Morgan fingerprint density at radius 1 is 1.55 bits per heavy atom. The average molecular weight is 293 g/mol. The van der Waals surface area contributed by atoms with E-state index in [1.807, 2.05) is 7.05 Å². The van der Waals surface area contributed by atoms with Crippen LogP contribution in [-0.4, -0.2) is 25.0 Å². The molecule has 0 saturated heterocycles. The second kappa shape index (κ2) is 6.24. The van der Waals surface area contributed by atoms with Crippen LogP contribution in [-0.2, 0) is 11.3 Å². The highest BCUT2D eigenvalue weighted by Gasteiger charge is 2.18. The van der Waals surface area contributed by atoms with Crippen molar-refractivity contribution in [3.05, 3.63) is 45.5 Å². The second-order valence-electron chi connectivity index (χ2n) is 4.78. The lowest BCUT2D eigenvalue weighted by Gasteiger charge is -2.22. The van der Waals surface area contributed by atoms with Gasteiger partial charge >= 0.3 is 5.97 Å². The maximum absolute atomic E-state index is 11.6. The van der Waals surface area contributed by atoms with Crippen molar-refractivity contribution in [3.63, 3.8) is 0 Å². The quantitative estimate of drug-likeness (QED) is 0.790. The summed E-state index contributed by atoms with van der Waals surface area (Å²) >= 11 is 1.74. The van der Waals surface area contributed by atoms with E-state index in [-0.39, 0.29) is 5.97 Å². The van der Waals surface area contributed by atoms with Crippen molar-refractivity contribution < 1.29 is 13.9 Å². The molecule has 0 aliphatic heterocycles. The standard InChI is InChI=1S/C15H19NO3S/c1-10(14-6-5-7-20-14)16(3)9-12-8-13(11(2)19-12)15(17)18-4/h5-8,10H,9H2,1-4H3. The number of furan rings is 1. The number of hydrogen-bond acceptors (Lipinski definition) is 5. The molecule has 0 radical (unpaired) electrons. The lowest BCUT2D eigenvalue weighted by molar-refractivity contribution is 0.0599. The monoisotopic (exact) mass is 293 g/mol. The molecular formula is C15H19NO3S. The van der Waals surface area contributed by atoms with Crippen LogP contribution >= 0.6 is 11.3 Å². The number of carbonyl (C=O) groups is 1. The lowest BCUT2D eigenvalue weighted by Crippen LogP contribution is -2.20. The van der Waals surface area contributed by atoms with Crippen LogP contribution in [0, 0.1) is 6.92 Å². The summed E-state index contributed by atoms with van der Waals surface area (Å²) < 4.78 is 10.4. The Balaban J connectivity index is 2.08. The molecule has 0 N–H and O–H groups in total. The molecule has 20 heavy (non-hydrogen) atoms. The van der Waals surface area contributed by atoms with Gasteiger partial charge in [0.05, 0.1) is 13.7 Å². The first-order chi connectivity index (χ1) is 9.52. The summed E-state index contributed by atoms with van der Waals surface area (Å²) in [5, 5.41) is 2.08. The van der Waals surface area contributed by atoms with Gasteiger partial charge in [-0.1, -0.05) is 6.07 Å². The molecule has 5 heteroatoms. The van der Waals surface area contributed by atoms with Gasteiger partial charge in [0.1, 0.15) is 17.1 Å². The number of hydrogen-bond donors (Lipinski definition) is 0. The first kappa shape index (κ1) is 14.8. The minimum Gasteiger partial charge on any atom is -0.465 e. The fraction of sp³-hybridized carbons (Fsp3) is 0.400. The molecule has 2 aromatic heterocycles. The van der Waals surface area contributed by atoms with E-state index in [0.717, 1.165) is 5.76 Å². The van der Waals surface area contributed by atoms with Crippen LogP contribution in [0.5, 0.6) is 0 Å². The Labute approximate surface area is 123 Å². The summed E-state index contributed by atoms with van der Waals surface area (Å²) in [7, 11) is 3.42. The van der Waals surface area contributed by atoms with E-state index in [2.05, 4.69) is 29.3 Å². The molecule has 0 spiro atoms. The van der Waals surface area contributed by atoms with Gasteiger partial charge in [-0.25, -0.2) is 4.79 Å². The third-order valence-corrected chi connectivity index (χ3v) is 4.44. The molecular weight excluding hydrogens is 274 g/mol. The molecule has 2 heterocycles. The molecule has 0 aromatic carbocycles. The van der Waals surface area contributed by atoms with E-state index in [0.29, 0.717) is 23.9 Å². The molecule has 0 aliphatic rings. The summed E-state index contributed by atoms with van der Waals surface area (Å²) in [6.07, 6.45) is 0. The van der Waals surface area contributed by atoms with Gasteiger partial charge in [-0.3, -0.25) is 4.90 Å². The Hall–Kier alpha value is -1.59. The first-order valence-corrected chi connectivity index (χ1v) is 7.32. The van der Waals surface area contributed by atoms with Crippen LogP contribution in [0.15, 0.2) is 28.0 Å². The zero-order valence-electron chi connectivity index (χ0n) is 12.2. The highest BCUT2D eigenvalue weighted by Crippen LogP contribution is 2.25. The minimum atomic E-state index is -0.355. The summed E-state index contributed by atoms with van der Waals surface area (Å²) in [6.45, 7) is 4.58. The fourth-order valence-electron chi connectivity index (χ4n) is 2.06. The third kappa shape index (κ3) is 3.11. The number of rotatable bonds is 5. The number of methoxy groups -OCH3 is 1. The molecule has 0 amide bonds. The van der Waals surface area contributed by atoms with Gasteiger partial charge in [0, 0.05) is 10.9 Å². The fourth-order valence-corrected chi connectivity index (χ4v) is 2.91. The highest BCUT2D eigenvalue weighted by molar-refractivity contribution is 7.10. The maximum atomic E-state index is 11.6. The van der Waals surface area contributed by atoms with Gasteiger partial charge in [-0.2, -0.15) is 0 Å². The van der Waals surface area contributed by atoms with Gasteiger partial charge in [-0.05, 0) is 38.4 Å². The summed E-state index contributed by atoms with van der Waals surface area (Å²) in [5.41, 5.74) is 0.500. The largest absolute Gasteiger partial charge is 0.465 e. The average Bonchev–Trinajstić information content (AvgIpc) is 3.06. The van der Waals surface area contributed by atoms with Crippen molar-refractivity contribution in [1.82, 2.24) is 4.90 Å². The first-order valence-electron chi connectivity index (χ1n) is 6.44. The van der Waals surface area contributed by atoms with Crippen molar-refractivity contribution in [2.45, 2.75) is 26.4 Å². The highest BCUT2D eigenvalue weighted by atomic mass is 32.1. The Morgan fingerprint density at radius 3 is 2.90 bits per heavy atom. The molecule has 0 fully saturated rings. The van der Waals surface area contributed by atoms with Gasteiger partial charge in [0.15, 0.2) is 0 Å². The number of nitrogens with zero attached hydrogens (tertiary/aromatic N) is 1. The smallest absolute Gasteiger partial charge is 0.341 e. The van der Waals surface area contributed by atoms with Gasteiger partial charge < -0.3 is 9.15 Å². The zero-order valence-corrected chi connectivity index (χ0v) is 13.0. The molecule has 2 aromatic rings. The predicted molar refractivity (Wildman–Crippen MR) is 79.0 cm³/mol. The SMILES string of the molecule is COC(=O)c1cc(CN(C)C(C)c2cccs2)oc1C. The van der Waals surface area contributed by atoms with Gasteiger partial charge in [0.25, 0.3) is 0 Å². The van der Waals surface area contributed by atoms with Crippen molar-refractivity contribution >= 4 is 17.3 Å². The number of aryl methyl sites for hydroxylation is 1. The summed E-state index contributed by atoms with van der Waals surface area (Å²) in [5.74, 6) is 1.02. The van der Waals surface area contributed by atoms with Gasteiger partial charge in [-0.15, -0.1) is 11.3 Å². The number of ether oxygens (including phenoxy) is 1. The Bertz CT molecular complexity index is 574. The molecule has 1 unspecified atom stereocenters. The molecule has 108 valence electrons. The van der Waals surface area contributed by atoms with Crippen LogP contribution in [0.3, 0.4) is 0 Å². The van der Waals surface area contributed by atoms with Crippen LogP contribution in [0.4, 0.5) is 0 Å². The topological polar surface area (TPSA) is 42.7 Å². The van der Waals surface area contributed by atoms with Crippen LogP contribution in [0.2, 0.25) is 0 Å². The molecule has 0 aliphatic carbocycles. The van der Waals surface area contributed by atoms with Crippen LogP contribution < -0.4 is 0 Å². The normalized spacial score (nSPS) is 12.7. The third-order valence-electron chi connectivity index (χ3n) is 3.40. The minimum absolute atomic E-state index is 0.307. The van der Waals surface area contributed by atoms with E-state index >= 15 is 0 Å². The van der Waals surface area contributed by atoms with Crippen molar-refractivity contribution in [2.24, 2.45) is 0 Å². The van der Waals surface area contributed by atoms with Crippen LogP contribution in [0.25, 0.3) is 0 Å². The molecule has 4 nitrogen and oxygen atoms in total. The molecule has 2 rings (SSSR count). The molecule has 1 atom stereocenters. The van der Waals surface area contributed by atoms with Crippen molar-refractivity contribution in [2.75, 3.05) is 14.2 Å². The Kier molecular flexibility index (Phi) is 4.62. The van der Waals surface area contributed by atoms with E-state index in [1.165, 1.54) is 12.0 Å². The molecule has 0 saturated carbocycles. The van der Waals surface area contributed by atoms with E-state index < -0.39 is 0 Å². The van der Waals surface area contributed by atoms with Crippen molar-refractivity contribution in [1.29, 1.82) is 0 Å². The number of carbonyl (C=O) groups excluding carboxylic acids is 1. The van der Waals surface area contributed by atoms with Gasteiger partial charge in [0.2, 0.25) is 0 Å².